The lowest BCUT2D eigenvalue weighted by Crippen LogP contribution is -2.33. The third-order valence-corrected chi connectivity index (χ3v) is 1.98. The number of ether oxygens (including phenoxy) is 2. The molecule has 0 saturated heterocycles. The first-order chi connectivity index (χ1) is 7.97. The third-order valence-electron chi connectivity index (χ3n) is 1.98. The Morgan fingerprint density at radius 2 is 1.88 bits per heavy atom. The highest BCUT2D eigenvalue weighted by Gasteiger charge is 2.08. The maximum atomic E-state index is 11.2. The number of esters is 1. The highest BCUT2D eigenvalue weighted by Crippen LogP contribution is 1.95. The minimum absolute atomic E-state index is 0.0429. The third kappa shape index (κ3) is 8.30. The second-order valence-electron chi connectivity index (χ2n) is 3.89. The lowest BCUT2D eigenvalue weighted by atomic mass is 10.2. The average Bonchev–Trinajstić information content (AvgIpc) is 2.24. The van der Waals surface area contributed by atoms with Gasteiger partial charge in [0.05, 0.1) is 0 Å². The number of hydrogen-bond donors (Lipinski definition) is 1. The van der Waals surface area contributed by atoms with Crippen molar-refractivity contribution in [3.63, 3.8) is 0 Å². The van der Waals surface area contributed by atoms with Crippen molar-refractivity contribution in [2.75, 3.05) is 13.2 Å². The molecule has 0 aliphatic rings. The van der Waals surface area contributed by atoms with Gasteiger partial charge in [-0.3, -0.25) is 0 Å². The Hall–Kier alpha value is -1.52. The van der Waals surface area contributed by atoms with Crippen molar-refractivity contribution in [2.24, 2.45) is 0 Å². The summed E-state index contributed by atoms with van der Waals surface area (Å²) in [6.07, 6.45) is 1.41. The first-order valence-corrected chi connectivity index (χ1v) is 5.73. The van der Waals surface area contributed by atoms with Crippen LogP contribution in [-0.4, -0.2) is 31.3 Å². The first kappa shape index (κ1) is 15.5. The number of nitrogens with one attached hydrogen (secondary N) is 1. The molecule has 5 heteroatoms. The second kappa shape index (κ2) is 8.61. The van der Waals surface area contributed by atoms with Crippen LogP contribution in [0, 0.1) is 0 Å². The maximum absolute atomic E-state index is 11.2. The Balaban J connectivity index is 3.58. The van der Waals surface area contributed by atoms with Crippen LogP contribution >= 0.6 is 0 Å². The van der Waals surface area contributed by atoms with Gasteiger partial charge in [-0.15, -0.1) is 0 Å². The SMILES string of the molecule is C=C(C)C(=O)OCCOC(=O)NC(C)CCC. The summed E-state index contributed by atoms with van der Waals surface area (Å²) in [5.41, 5.74) is 0.325. The van der Waals surface area contributed by atoms with Gasteiger partial charge >= 0.3 is 12.1 Å². The van der Waals surface area contributed by atoms with E-state index < -0.39 is 12.1 Å². The van der Waals surface area contributed by atoms with Gasteiger partial charge in [0, 0.05) is 11.6 Å². The van der Waals surface area contributed by atoms with Crippen molar-refractivity contribution >= 4 is 12.1 Å². The maximum Gasteiger partial charge on any atom is 0.407 e. The van der Waals surface area contributed by atoms with Crippen molar-refractivity contribution < 1.29 is 19.1 Å². The van der Waals surface area contributed by atoms with Crippen molar-refractivity contribution in [1.29, 1.82) is 0 Å². The van der Waals surface area contributed by atoms with Crippen molar-refractivity contribution in [3.05, 3.63) is 12.2 Å². The summed E-state index contributed by atoms with van der Waals surface area (Å²) in [5, 5.41) is 2.67. The molecule has 98 valence electrons. The molecule has 0 spiro atoms. The molecule has 1 N–H and O–H groups in total. The van der Waals surface area contributed by atoms with E-state index in [-0.39, 0.29) is 19.3 Å². The molecule has 1 atom stereocenters. The van der Waals surface area contributed by atoms with Crippen molar-refractivity contribution in [1.82, 2.24) is 5.32 Å². The van der Waals surface area contributed by atoms with Crippen LogP contribution < -0.4 is 5.32 Å². The topological polar surface area (TPSA) is 64.6 Å². The zero-order valence-electron chi connectivity index (χ0n) is 10.7. The van der Waals surface area contributed by atoms with Crippen molar-refractivity contribution in [2.45, 2.75) is 39.7 Å². The molecular weight excluding hydrogens is 222 g/mol. The average molecular weight is 243 g/mol. The summed E-state index contributed by atoms with van der Waals surface area (Å²) >= 11 is 0. The molecule has 0 aliphatic carbocycles. The molecule has 17 heavy (non-hydrogen) atoms. The fourth-order valence-electron chi connectivity index (χ4n) is 1.14. The molecule has 0 rings (SSSR count). The van der Waals surface area contributed by atoms with E-state index in [9.17, 15) is 9.59 Å². The molecule has 0 aromatic heterocycles. The second-order valence-corrected chi connectivity index (χ2v) is 3.89. The van der Waals surface area contributed by atoms with E-state index in [0.29, 0.717) is 5.57 Å². The lowest BCUT2D eigenvalue weighted by molar-refractivity contribution is -0.139. The number of hydrogen-bond acceptors (Lipinski definition) is 4. The summed E-state index contributed by atoms with van der Waals surface area (Å²) < 4.78 is 9.60. The monoisotopic (exact) mass is 243 g/mol. The van der Waals surface area contributed by atoms with Crippen LogP contribution in [0.3, 0.4) is 0 Å². The largest absolute Gasteiger partial charge is 0.459 e. The standard InChI is InChI=1S/C12H21NO4/c1-5-6-10(4)13-12(15)17-8-7-16-11(14)9(2)3/h10H,2,5-8H2,1,3-4H3,(H,13,15). The van der Waals surface area contributed by atoms with Gasteiger partial charge in [0.1, 0.15) is 13.2 Å². The minimum atomic E-state index is -0.489. The molecular formula is C12H21NO4. The molecule has 0 aliphatic heterocycles. The van der Waals surface area contributed by atoms with Gasteiger partial charge in [-0.05, 0) is 20.3 Å². The van der Waals surface area contributed by atoms with E-state index in [0.717, 1.165) is 12.8 Å². The fraction of sp³-hybridized carbons (Fsp3) is 0.667. The van der Waals surface area contributed by atoms with Crippen LogP contribution in [0.1, 0.15) is 33.6 Å². The molecule has 0 fully saturated rings. The van der Waals surface area contributed by atoms with Crippen LogP contribution in [0.25, 0.3) is 0 Å². The van der Waals surface area contributed by atoms with Crippen LogP contribution in [0.4, 0.5) is 4.79 Å². The number of carbonyl (C=O) groups excluding carboxylic acids is 2. The van der Waals surface area contributed by atoms with E-state index in [4.69, 9.17) is 9.47 Å². The smallest absolute Gasteiger partial charge is 0.407 e. The predicted octanol–water partition coefficient (Wildman–Crippen LogP) is 2.02. The van der Waals surface area contributed by atoms with E-state index in [1.54, 1.807) is 6.92 Å². The molecule has 0 heterocycles. The number of carbonyl (C=O) groups is 2. The number of alkyl carbamates (subject to hydrolysis) is 1. The molecule has 0 radical (unpaired) electrons. The van der Waals surface area contributed by atoms with E-state index in [2.05, 4.69) is 11.9 Å². The Morgan fingerprint density at radius 3 is 2.41 bits per heavy atom. The molecule has 1 unspecified atom stereocenters. The number of rotatable bonds is 7. The highest BCUT2D eigenvalue weighted by molar-refractivity contribution is 5.86. The summed E-state index contributed by atoms with van der Waals surface area (Å²) in [4.78, 5) is 22.2. The summed E-state index contributed by atoms with van der Waals surface area (Å²) in [5.74, 6) is -0.478. The van der Waals surface area contributed by atoms with E-state index in [1.807, 2.05) is 13.8 Å². The zero-order chi connectivity index (χ0) is 13.3. The van der Waals surface area contributed by atoms with E-state index >= 15 is 0 Å². The van der Waals surface area contributed by atoms with Crippen LogP contribution in [0.2, 0.25) is 0 Å². The fourth-order valence-corrected chi connectivity index (χ4v) is 1.14. The Labute approximate surface area is 102 Å². The van der Waals surface area contributed by atoms with Gasteiger partial charge in [0.2, 0.25) is 0 Å². The zero-order valence-corrected chi connectivity index (χ0v) is 10.7. The van der Waals surface area contributed by atoms with Gasteiger partial charge < -0.3 is 14.8 Å². The predicted molar refractivity (Wildman–Crippen MR) is 64.6 cm³/mol. The Morgan fingerprint density at radius 1 is 1.29 bits per heavy atom. The van der Waals surface area contributed by atoms with Gasteiger partial charge in [0.25, 0.3) is 0 Å². The highest BCUT2D eigenvalue weighted by atomic mass is 16.6. The minimum Gasteiger partial charge on any atom is -0.459 e. The van der Waals surface area contributed by atoms with Gasteiger partial charge in [-0.25, -0.2) is 9.59 Å². The molecule has 0 saturated carbocycles. The summed E-state index contributed by atoms with van der Waals surface area (Å²) in [7, 11) is 0. The van der Waals surface area contributed by atoms with Gasteiger partial charge in [-0.1, -0.05) is 19.9 Å². The lowest BCUT2D eigenvalue weighted by Gasteiger charge is -2.12. The number of amides is 1. The van der Waals surface area contributed by atoms with E-state index in [1.165, 1.54) is 0 Å². The summed E-state index contributed by atoms with van der Waals surface area (Å²) in [6.45, 7) is 9.03. The first-order valence-electron chi connectivity index (χ1n) is 5.73. The van der Waals surface area contributed by atoms with Gasteiger partial charge in [0.15, 0.2) is 0 Å². The summed E-state index contributed by atoms with van der Waals surface area (Å²) in [6, 6.07) is 0.0884. The Kier molecular flexibility index (Phi) is 7.84. The van der Waals surface area contributed by atoms with Crippen LogP contribution in [0.15, 0.2) is 12.2 Å². The normalized spacial score (nSPS) is 11.5. The molecule has 0 aromatic carbocycles. The Bertz CT molecular complexity index is 276. The quantitative estimate of drug-likeness (QED) is 0.422. The molecule has 1 amide bonds. The van der Waals surface area contributed by atoms with Gasteiger partial charge in [-0.2, -0.15) is 0 Å². The molecule has 5 nitrogen and oxygen atoms in total. The molecule has 0 bridgehead atoms. The molecule has 0 aromatic rings. The van der Waals surface area contributed by atoms with Crippen molar-refractivity contribution in [3.8, 4) is 0 Å². The van der Waals surface area contributed by atoms with Crippen LogP contribution in [-0.2, 0) is 14.3 Å². The van der Waals surface area contributed by atoms with Crippen LogP contribution in [0.5, 0.6) is 0 Å².